The summed E-state index contributed by atoms with van der Waals surface area (Å²) in [6.07, 6.45) is 0.769. The van der Waals surface area contributed by atoms with Gasteiger partial charge in [-0.3, -0.25) is 9.48 Å². The average molecular weight is 377 g/mol. The number of amides is 1. The highest BCUT2D eigenvalue weighted by Crippen LogP contribution is 2.51. The zero-order valence-electron chi connectivity index (χ0n) is 16.1. The molecular formula is C20H25F2N3O2. The first-order valence-corrected chi connectivity index (χ1v) is 9.31. The van der Waals surface area contributed by atoms with Crippen molar-refractivity contribution in [3.8, 4) is 0 Å². The number of benzene rings is 1. The number of hydrogen-bond acceptors (Lipinski definition) is 3. The summed E-state index contributed by atoms with van der Waals surface area (Å²) >= 11 is 0. The van der Waals surface area contributed by atoms with Crippen LogP contribution < -0.4 is 5.32 Å². The molecule has 3 rings (SSSR count). The van der Waals surface area contributed by atoms with Crippen molar-refractivity contribution in [1.82, 2.24) is 9.78 Å². The summed E-state index contributed by atoms with van der Waals surface area (Å²) in [7, 11) is 1.51. The Morgan fingerprint density at radius 1 is 1.33 bits per heavy atom. The van der Waals surface area contributed by atoms with Crippen LogP contribution in [0.2, 0.25) is 0 Å². The Balaban J connectivity index is 2.01. The molecule has 1 aromatic carbocycles. The van der Waals surface area contributed by atoms with Gasteiger partial charge in [-0.05, 0) is 30.9 Å². The maximum atomic E-state index is 13.2. The highest BCUT2D eigenvalue weighted by molar-refractivity contribution is 6.05. The number of fused-ring (bicyclic) bond motifs is 1. The van der Waals surface area contributed by atoms with Crippen molar-refractivity contribution in [2.75, 3.05) is 5.32 Å². The van der Waals surface area contributed by atoms with Gasteiger partial charge in [-0.2, -0.15) is 5.10 Å². The molecule has 0 aliphatic carbocycles. The molecule has 1 amide bonds. The molecule has 1 aliphatic rings. The van der Waals surface area contributed by atoms with E-state index in [0.29, 0.717) is 5.69 Å². The van der Waals surface area contributed by atoms with E-state index in [4.69, 9.17) is 4.74 Å². The van der Waals surface area contributed by atoms with Crippen LogP contribution in [0.1, 0.15) is 79.7 Å². The van der Waals surface area contributed by atoms with E-state index >= 15 is 0 Å². The summed E-state index contributed by atoms with van der Waals surface area (Å²) in [5, 5.41) is 6.52. The number of nitrogens with one attached hydrogen (secondary N) is 1. The third-order valence-corrected chi connectivity index (χ3v) is 5.36. The fraction of sp³-hybridized carbons (Fsp3) is 0.500. The Bertz CT molecular complexity index is 844. The smallest absolute Gasteiger partial charge is 0.282 e. The molecule has 0 saturated heterocycles. The number of rotatable bonds is 6. The van der Waals surface area contributed by atoms with Gasteiger partial charge in [-0.1, -0.05) is 32.9 Å². The summed E-state index contributed by atoms with van der Waals surface area (Å²) in [6, 6.07) is 5.69. The number of ether oxygens (including phenoxy) is 1. The standard InChI is InChI=1S/C20H25F2N3O2/c1-5-15-16-13(20(6-2,7-3)27-15)9-8-10-14(16)23-19(26)12-11-25(4)24-17(12)18(21)22/h8-11,15,18H,5-7H2,1-4H3,(H,23,26). The lowest BCUT2D eigenvalue weighted by molar-refractivity contribution is -0.0830. The minimum absolute atomic E-state index is 0.116. The summed E-state index contributed by atoms with van der Waals surface area (Å²) in [4.78, 5) is 12.7. The molecular weight excluding hydrogens is 352 g/mol. The van der Waals surface area contributed by atoms with Crippen LogP contribution in [0.3, 0.4) is 0 Å². The lowest BCUT2D eigenvalue weighted by Crippen LogP contribution is -2.23. The van der Waals surface area contributed by atoms with Crippen molar-refractivity contribution in [2.45, 2.75) is 58.2 Å². The maximum absolute atomic E-state index is 13.2. The number of hydrogen-bond donors (Lipinski definition) is 1. The van der Waals surface area contributed by atoms with Gasteiger partial charge in [0.25, 0.3) is 12.3 Å². The summed E-state index contributed by atoms with van der Waals surface area (Å²) < 4.78 is 34.0. The molecule has 1 N–H and O–H groups in total. The number of halogens is 2. The molecule has 1 unspecified atom stereocenters. The van der Waals surface area contributed by atoms with Gasteiger partial charge >= 0.3 is 0 Å². The average Bonchev–Trinajstić information content (AvgIpc) is 3.21. The van der Waals surface area contributed by atoms with Crippen LogP contribution in [0.25, 0.3) is 0 Å². The van der Waals surface area contributed by atoms with Crippen LogP contribution >= 0.6 is 0 Å². The normalized spacial score (nSPS) is 18.0. The number of aryl methyl sites for hydroxylation is 1. The zero-order valence-corrected chi connectivity index (χ0v) is 16.1. The van der Waals surface area contributed by atoms with Crippen molar-refractivity contribution < 1.29 is 18.3 Å². The third kappa shape index (κ3) is 3.25. The number of carbonyl (C=O) groups excluding carboxylic acids is 1. The van der Waals surface area contributed by atoms with E-state index in [9.17, 15) is 13.6 Å². The number of anilines is 1. The van der Waals surface area contributed by atoms with Gasteiger partial charge in [0.15, 0.2) is 0 Å². The van der Waals surface area contributed by atoms with E-state index in [-0.39, 0.29) is 17.3 Å². The molecule has 7 heteroatoms. The van der Waals surface area contributed by atoms with Gasteiger partial charge < -0.3 is 10.1 Å². The number of alkyl halides is 2. The van der Waals surface area contributed by atoms with E-state index in [2.05, 4.69) is 24.3 Å². The van der Waals surface area contributed by atoms with Crippen molar-refractivity contribution in [3.05, 3.63) is 46.8 Å². The highest BCUT2D eigenvalue weighted by atomic mass is 19.3. The Hall–Kier alpha value is -2.28. The molecule has 1 atom stereocenters. The third-order valence-electron chi connectivity index (χ3n) is 5.36. The van der Waals surface area contributed by atoms with E-state index in [1.165, 1.54) is 17.9 Å². The molecule has 5 nitrogen and oxygen atoms in total. The van der Waals surface area contributed by atoms with Crippen LogP contribution in [0.15, 0.2) is 24.4 Å². The molecule has 146 valence electrons. The van der Waals surface area contributed by atoms with Crippen LogP contribution in [0.4, 0.5) is 14.5 Å². The quantitative estimate of drug-likeness (QED) is 0.761. The summed E-state index contributed by atoms with van der Waals surface area (Å²) in [5.41, 5.74) is 1.62. The van der Waals surface area contributed by atoms with Crippen molar-refractivity contribution in [3.63, 3.8) is 0 Å². The predicted octanol–water partition coefficient (Wildman–Crippen LogP) is 5.11. The van der Waals surface area contributed by atoms with Gasteiger partial charge in [-0.25, -0.2) is 8.78 Å². The van der Waals surface area contributed by atoms with Crippen molar-refractivity contribution >= 4 is 11.6 Å². The second-order valence-corrected chi connectivity index (χ2v) is 6.84. The summed E-state index contributed by atoms with van der Waals surface area (Å²) in [6.45, 7) is 6.20. The Labute approximate surface area is 157 Å². The predicted molar refractivity (Wildman–Crippen MR) is 98.9 cm³/mol. The Morgan fingerprint density at radius 3 is 2.63 bits per heavy atom. The van der Waals surface area contributed by atoms with Crippen LogP contribution in [0, 0.1) is 0 Å². The van der Waals surface area contributed by atoms with Crippen molar-refractivity contribution in [2.24, 2.45) is 7.05 Å². The lowest BCUT2D eigenvalue weighted by atomic mass is 9.86. The number of carbonyl (C=O) groups is 1. The largest absolute Gasteiger partial charge is 0.362 e. The molecule has 0 spiro atoms. The van der Waals surface area contributed by atoms with Crippen LogP contribution in [0.5, 0.6) is 0 Å². The van der Waals surface area contributed by atoms with E-state index in [0.717, 1.165) is 30.4 Å². The monoisotopic (exact) mass is 377 g/mol. The minimum atomic E-state index is -2.81. The van der Waals surface area contributed by atoms with E-state index < -0.39 is 18.0 Å². The fourth-order valence-electron chi connectivity index (χ4n) is 3.93. The first-order valence-electron chi connectivity index (χ1n) is 9.31. The van der Waals surface area contributed by atoms with Crippen LogP contribution in [-0.4, -0.2) is 15.7 Å². The minimum Gasteiger partial charge on any atom is -0.362 e. The molecule has 27 heavy (non-hydrogen) atoms. The SMILES string of the molecule is CCC1OC(CC)(CC)c2cccc(NC(=O)c3cn(C)nc3C(F)F)c21. The van der Waals surface area contributed by atoms with Gasteiger partial charge in [-0.15, -0.1) is 0 Å². The summed E-state index contributed by atoms with van der Waals surface area (Å²) in [5.74, 6) is -0.591. The van der Waals surface area contributed by atoms with Crippen LogP contribution in [-0.2, 0) is 17.4 Å². The first-order chi connectivity index (χ1) is 12.9. The Kier molecular flexibility index (Phi) is 5.33. The molecule has 0 bridgehead atoms. The number of nitrogens with zero attached hydrogens (tertiary/aromatic N) is 2. The fourth-order valence-corrected chi connectivity index (χ4v) is 3.93. The lowest BCUT2D eigenvalue weighted by Gasteiger charge is -2.28. The molecule has 0 saturated carbocycles. The second-order valence-electron chi connectivity index (χ2n) is 6.84. The molecule has 0 radical (unpaired) electrons. The molecule has 2 heterocycles. The topological polar surface area (TPSA) is 56.1 Å². The second kappa shape index (κ2) is 7.38. The van der Waals surface area contributed by atoms with E-state index in [1.54, 1.807) is 6.07 Å². The molecule has 1 aromatic heterocycles. The van der Waals surface area contributed by atoms with Crippen molar-refractivity contribution in [1.29, 1.82) is 0 Å². The molecule has 2 aromatic rings. The first kappa shape index (κ1) is 19.5. The highest BCUT2D eigenvalue weighted by Gasteiger charge is 2.43. The van der Waals surface area contributed by atoms with Gasteiger partial charge in [0.2, 0.25) is 0 Å². The van der Waals surface area contributed by atoms with Gasteiger partial charge in [0.05, 0.1) is 17.3 Å². The van der Waals surface area contributed by atoms with E-state index in [1.807, 2.05) is 19.1 Å². The van der Waals surface area contributed by atoms with Gasteiger partial charge in [0.1, 0.15) is 5.69 Å². The molecule has 1 aliphatic heterocycles. The Morgan fingerprint density at radius 2 is 2.04 bits per heavy atom. The maximum Gasteiger partial charge on any atom is 0.282 e. The number of aromatic nitrogens is 2. The molecule has 0 fully saturated rings. The zero-order chi connectivity index (χ0) is 19.8. The van der Waals surface area contributed by atoms with Gasteiger partial charge in [0, 0.05) is 24.5 Å².